The molecule has 3 aromatic rings. The van der Waals surface area contributed by atoms with Crippen molar-refractivity contribution >= 4 is 21.6 Å². The lowest BCUT2D eigenvalue weighted by molar-refractivity contribution is 0.0939. The molecule has 0 unspecified atom stereocenters. The zero-order valence-corrected chi connectivity index (χ0v) is 17.8. The molecule has 0 aliphatic heterocycles. The number of anilines is 1. The van der Waals surface area contributed by atoms with Gasteiger partial charge in [0, 0.05) is 5.56 Å². The molecule has 0 spiro atoms. The average molecular weight is 427 g/mol. The monoisotopic (exact) mass is 426 g/mol. The van der Waals surface area contributed by atoms with E-state index >= 15 is 0 Å². The Bertz CT molecular complexity index is 1190. The molecule has 0 bridgehead atoms. The van der Waals surface area contributed by atoms with E-state index in [0.717, 1.165) is 22.8 Å². The topological polar surface area (TPSA) is 75.3 Å². The van der Waals surface area contributed by atoms with Gasteiger partial charge in [0.25, 0.3) is 15.9 Å². The van der Waals surface area contributed by atoms with Crippen molar-refractivity contribution in [2.45, 2.75) is 31.7 Å². The van der Waals surface area contributed by atoms with Gasteiger partial charge in [0.1, 0.15) is 5.82 Å². The smallest absolute Gasteiger partial charge is 0.262 e. The molecule has 0 aliphatic carbocycles. The first-order valence-electron chi connectivity index (χ1n) is 9.43. The summed E-state index contributed by atoms with van der Waals surface area (Å²) in [7, 11) is -4.05. The highest BCUT2D eigenvalue weighted by Gasteiger charge is 2.19. The summed E-state index contributed by atoms with van der Waals surface area (Å²) in [6.45, 7) is 5.89. The lowest BCUT2D eigenvalue weighted by Gasteiger charge is -2.16. The van der Waals surface area contributed by atoms with Crippen LogP contribution in [0.3, 0.4) is 0 Å². The van der Waals surface area contributed by atoms with Crippen LogP contribution in [0.25, 0.3) is 0 Å². The van der Waals surface area contributed by atoms with Crippen LogP contribution in [0.1, 0.15) is 40.0 Å². The van der Waals surface area contributed by atoms with Crippen molar-refractivity contribution in [2.75, 3.05) is 4.72 Å². The molecule has 1 atom stereocenters. The fourth-order valence-corrected chi connectivity index (χ4v) is 4.06. The molecule has 0 heterocycles. The molecule has 0 aliphatic rings. The Morgan fingerprint density at radius 3 is 2.37 bits per heavy atom. The summed E-state index contributed by atoms with van der Waals surface area (Å²) in [5.74, 6) is -1.08. The molecule has 3 rings (SSSR count). The Balaban J connectivity index is 1.79. The highest BCUT2D eigenvalue weighted by molar-refractivity contribution is 7.92. The van der Waals surface area contributed by atoms with E-state index in [0.29, 0.717) is 0 Å². The normalized spacial score (nSPS) is 12.3. The highest BCUT2D eigenvalue weighted by atomic mass is 32.2. The van der Waals surface area contributed by atoms with Gasteiger partial charge in [0.05, 0.1) is 16.6 Å². The first-order chi connectivity index (χ1) is 14.2. The molecule has 2 N–H and O–H groups in total. The minimum atomic E-state index is -4.05. The van der Waals surface area contributed by atoms with Crippen LogP contribution in [0, 0.1) is 19.7 Å². The van der Waals surface area contributed by atoms with Crippen LogP contribution < -0.4 is 10.0 Å². The molecular weight excluding hydrogens is 403 g/mol. The predicted molar refractivity (Wildman–Crippen MR) is 115 cm³/mol. The summed E-state index contributed by atoms with van der Waals surface area (Å²) in [5.41, 5.74) is 3.28. The Morgan fingerprint density at radius 1 is 0.933 bits per heavy atom. The Hall–Kier alpha value is -3.19. The number of carbonyl (C=O) groups excluding carboxylic acids is 1. The second-order valence-corrected chi connectivity index (χ2v) is 8.83. The fourth-order valence-electron chi connectivity index (χ4n) is 2.95. The van der Waals surface area contributed by atoms with Gasteiger partial charge in [-0.15, -0.1) is 0 Å². The number of amides is 1. The molecular formula is C23H23FN2O3S. The molecule has 5 nitrogen and oxygen atoms in total. The van der Waals surface area contributed by atoms with E-state index < -0.39 is 21.7 Å². The molecule has 30 heavy (non-hydrogen) atoms. The van der Waals surface area contributed by atoms with Gasteiger partial charge < -0.3 is 5.32 Å². The van der Waals surface area contributed by atoms with Crippen molar-refractivity contribution in [3.05, 3.63) is 94.8 Å². The average Bonchev–Trinajstić information content (AvgIpc) is 2.71. The summed E-state index contributed by atoms with van der Waals surface area (Å²) >= 11 is 0. The van der Waals surface area contributed by atoms with Crippen molar-refractivity contribution < 1.29 is 17.6 Å². The van der Waals surface area contributed by atoms with Gasteiger partial charge in [-0.2, -0.15) is 0 Å². The number of rotatable bonds is 6. The molecule has 0 radical (unpaired) electrons. The first kappa shape index (κ1) is 21.5. The Morgan fingerprint density at radius 2 is 1.67 bits per heavy atom. The lowest BCUT2D eigenvalue weighted by atomic mass is 10.0. The first-order valence-corrected chi connectivity index (χ1v) is 10.9. The maximum Gasteiger partial charge on any atom is 0.262 e. The zero-order chi connectivity index (χ0) is 21.9. The molecule has 156 valence electrons. The van der Waals surface area contributed by atoms with Crippen LogP contribution in [0.15, 0.2) is 71.6 Å². The maximum atomic E-state index is 13.8. The number of para-hydroxylation sites is 1. The Kier molecular flexibility index (Phi) is 6.22. The molecule has 7 heteroatoms. The molecule has 1 amide bonds. The highest BCUT2D eigenvalue weighted by Crippen LogP contribution is 2.21. The number of nitrogens with one attached hydrogen (secondary N) is 2. The quantitative estimate of drug-likeness (QED) is 0.598. The number of halogens is 1. The molecule has 3 aromatic carbocycles. The van der Waals surface area contributed by atoms with Gasteiger partial charge in [-0.1, -0.05) is 36.4 Å². The van der Waals surface area contributed by atoms with Gasteiger partial charge in [0.2, 0.25) is 0 Å². The minimum Gasteiger partial charge on any atom is -0.346 e. The van der Waals surface area contributed by atoms with E-state index in [1.807, 2.05) is 39.0 Å². The number of hydrogen-bond acceptors (Lipinski definition) is 3. The van der Waals surface area contributed by atoms with Crippen molar-refractivity contribution in [3.8, 4) is 0 Å². The van der Waals surface area contributed by atoms with E-state index in [1.165, 1.54) is 42.5 Å². The van der Waals surface area contributed by atoms with E-state index in [2.05, 4.69) is 10.0 Å². The van der Waals surface area contributed by atoms with E-state index in [4.69, 9.17) is 0 Å². The zero-order valence-electron chi connectivity index (χ0n) is 16.9. The second kappa shape index (κ2) is 8.67. The summed E-state index contributed by atoms with van der Waals surface area (Å²) in [5, 5.41) is 2.88. The number of hydrogen-bond donors (Lipinski definition) is 2. The summed E-state index contributed by atoms with van der Waals surface area (Å²) < 4.78 is 41.3. The van der Waals surface area contributed by atoms with E-state index in [9.17, 15) is 17.6 Å². The van der Waals surface area contributed by atoms with Gasteiger partial charge >= 0.3 is 0 Å². The number of benzene rings is 3. The third kappa shape index (κ3) is 4.86. The number of aryl methyl sites for hydroxylation is 2. The van der Waals surface area contributed by atoms with Crippen LogP contribution in [-0.2, 0) is 10.0 Å². The number of sulfonamides is 1. The van der Waals surface area contributed by atoms with Gasteiger partial charge in [-0.3, -0.25) is 9.52 Å². The van der Waals surface area contributed by atoms with Crippen LogP contribution in [0.4, 0.5) is 10.1 Å². The minimum absolute atomic E-state index is 0.128. The summed E-state index contributed by atoms with van der Waals surface area (Å²) in [6.07, 6.45) is 0. The molecule has 0 aromatic heterocycles. The van der Waals surface area contributed by atoms with E-state index in [1.54, 1.807) is 0 Å². The number of carbonyl (C=O) groups is 1. The van der Waals surface area contributed by atoms with Crippen LogP contribution >= 0.6 is 0 Å². The van der Waals surface area contributed by atoms with E-state index in [-0.39, 0.29) is 22.2 Å². The van der Waals surface area contributed by atoms with Crippen molar-refractivity contribution in [1.82, 2.24) is 5.32 Å². The van der Waals surface area contributed by atoms with Crippen molar-refractivity contribution in [2.24, 2.45) is 0 Å². The summed E-state index contributed by atoms with van der Waals surface area (Å²) in [6, 6.07) is 16.8. The summed E-state index contributed by atoms with van der Waals surface area (Å²) in [4.78, 5) is 12.6. The third-order valence-electron chi connectivity index (χ3n) is 4.90. The SMILES string of the molecule is Cc1ccc([C@@H](C)NC(=O)c2cccc(S(=O)(=O)Nc3ccccc3F)c2)cc1C. The van der Waals surface area contributed by atoms with Gasteiger partial charge in [-0.05, 0) is 67.8 Å². The maximum absolute atomic E-state index is 13.8. The third-order valence-corrected chi connectivity index (χ3v) is 6.27. The largest absolute Gasteiger partial charge is 0.346 e. The second-order valence-electron chi connectivity index (χ2n) is 7.15. The molecule has 0 saturated heterocycles. The van der Waals surface area contributed by atoms with Crippen LogP contribution in [0.5, 0.6) is 0 Å². The molecule has 0 fully saturated rings. The van der Waals surface area contributed by atoms with Crippen molar-refractivity contribution in [3.63, 3.8) is 0 Å². The Labute approximate surface area is 176 Å². The van der Waals surface area contributed by atoms with Gasteiger partial charge in [0.15, 0.2) is 0 Å². The van der Waals surface area contributed by atoms with Gasteiger partial charge in [-0.25, -0.2) is 12.8 Å². The standard InChI is InChI=1S/C23H23FN2O3S/c1-15-11-12-18(13-16(15)2)17(3)25-23(27)19-7-6-8-20(14-19)30(28,29)26-22-10-5-4-9-21(22)24/h4-14,17,26H,1-3H3,(H,25,27)/t17-/m1/s1. The lowest BCUT2D eigenvalue weighted by Crippen LogP contribution is -2.27. The van der Waals surface area contributed by atoms with Crippen LogP contribution in [-0.4, -0.2) is 14.3 Å². The molecule has 0 saturated carbocycles. The van der Waals surface area contributed by atoms with Crippen LogP contribution in [0.2, 0.25) is 0 Å². The predicted octanol–water partition coefficient (Wildman–Crippen LogP) is 4.73. The van der Waals surface area contributed by atoms with Crippen molar-refractivity contribution in [1.29, 1.82) is 0 Å². The fraction of sp³-hybridized carbons (Fsp3) is 0.174.